The van der Waals surface area contributed by atoms with Crippen molar-refractivity contribution in [3.8, 4) is 11.1 Å². The minimum Gasteiger partial charge on any atom is -0.399 e. The number of nitrogens with two attached hydrogens (primary N) is 1. The van der Waals surface area contributed by atoms with E-state index < -0.39 is 0 Å². The third-order valence-electron chi connectivity index (χ3n) is 4.53. The van der Waals surface area contributed by atoms with Crippen molar-refractivity contribution in [2.24, 2.45) is 0 Å². The molecule has 0 radical (unpaired) electrons. The summed E-state index contributed by atoms with van der Waals surface area (Å²) in [6.45, 7) is 9.06. The van der Waals surface area contributed by atoms with Crippen molar-refractivity contribution in [1.29, 1.82) is 0 Å². The zero-order chi connectivity index (χ0) is 16.6. The van der Waals surface area contributed by atoms with Crippen molar-refractivity contribution in [2.45, 2.75) is 39.5 Å². The zero-order valence-electron chi connectivity index (χ0n) is 14.4. The fourth-order valence-electron chi connectivity index (χ4n) is 3.31. The molecule has 118 valence electrons. The number of anilines is 1. The lowest BCUT2D eigenvalue weighted by molar-refractivity contribution is 0.838. The van der Waals surface area contributed by atoms with Crippen LogP contribution in [0.1, 0.15) is 50.7 Å². The summed E-state index contributed by atoms with van der Waals surface area (Å²) in [5.74, 6) is 1.00. The summed E-state index contributed by atoms with van der Waals surface area (Å²) in [6.07, 6.45) is 0. The number of nitrogen functional groups attached to an aromatic ring is 1. The molecule has 0 aliphatic rings. The Balaban J connectivity index is 2.28. The van der Waals surface area contributed by atoms with E-state index in [1.807, 2.05) is 6.07 Å². The van der Waals surface area contributed by atoms with Gasteiger partial charge in [-0.25, -0.2) is 0 Å². The van der Waals surface area contributed by atoms with Crippen molar-refractivity contribution in [3.63, 3.8) is 0 Å². The van der Waals surface area contributed by atoms with E-state index in [0.717, 1.165) is 5.69 Å². The highest BCUT2D eigenvalue weighted by molar-refractivity contribution is 5.90. The molecule has 0 aromatic heterocycles. The monoisotopic (exact) mass is 303 g/mol. The zero-order valence-corrected chi connectivity index (χ0v) is 14.4. The fourth-order valence-corrected chi connectivity index (χ4v) is 3.31. The summed E-state index contributed by atoms with van der Waals surface area (Å²) < 4.78 is 0. The second-order valence-electron chi connectivity index (χ2n) is 6.94. The van der Waals surface area contributed by atoms with Crippen LogP contribution < -0.4 is 5.73 Å². The van der Waals surface area contributed by atoms with Gasteiger partial charge in [-0.1, -0.05) is 64.1 Å². The van der Waals surface area contributed by atoms with Crippen molar-refractivity contribution < 1.29 is 0 Å². The molecule has 0 atom stereocenters. The molecular weight excluding hydrogens is 278 g/mol. The van der Waals surface area contributed by atoms with Gasteiger partial charge in [-0.05, 0) is 63.1 Å². The van der Waals surface area contributed by atoms with Crippen LogP contribution in [0.15, 0.2) is 54.6 Å². The maximum atomic E-state index is 5.97. The van der Waals surface area contributed by atoms with Crippen molar-refractivity contribution >= 4 is 16.5 Å². The molecule has 3 aromatic carbocycles. The molecule has 0 bridgehead atoms. The van der Waals surface area contributed by atoms with Gasteiger partial charge in [0.1, 0.15) is 0 Å². The second-order valence-corrected chi connectivity index (χ2v) is 6.94. The predicted molar refractivity (Wildman–Crippen MR) is 102 cm³/mol. The van der Waals surface area contributed by atoms with Crippen molar-refractivity contribution in [3.05, 3.63) is 65.7 Å². The van der Waals surface area contributed by atoms with Gasteiger partial charge >= 0.3 is 0 Å². The van der Waals surface area contributed by atoms with E-state index in [9.17, 15) is 0 Å². The molecule has 0 heterocycles. The largest absolute Gasteiger partial charge is 0.399 e. The normalized spacial score (nSPS) is 11.6. The van der Waals surface area contributed by atoms with Gasteiger partial charge in [0.25, 0.3) is 0 Å². The maximum Gasteiger partial charge on any atom is 0.0320 e. The van der Waals surface area contributed by atoms with Crippen molar-refractivity contribution in [2.75, 3.05) is 5.73 Å². The van der Waals surface area contributed by atoms with E-state index in [-0.39, 0.29) is 0 Å². The van der Waals surface area contributed by atoms with Gasteiger partial charge in [0.2, 0.25) is 0 Å². The summed E-state index contributed by atoms with van der Waals surface area (Å²) >= 11 is 0. The van der Waals surface area contributed by atoms with E-state index in [0.29, 0.717) is 11.8 Å². The molecule has 0 aliphatic heterocycles. The van der Waals surface area contributed by atoms with Gasteiger partial charge in [-0.2, -0.15) is 0 Å². The van der Waals surface area contributed by atoms with Crippen LogP contribution in [0.25, 0.3) is 21.9 Å². The molecule has 0 spiro atoms. The molecule has 3 aromatic rings. The van der Waals surface area contributed by atoms with E-state index in [1.54, 1.807) is 0 Å². The number of hydrogen-bond acceptors (Lipinski definition) is 1. The number of benzene rings is 3. The number of rotatable bonds is 3. The molecule has 1 heteroatoms. The third kappa shape index (κ3) is 2.96. The molecule has 1 nitrogen and oxygen atoms in total. The topological polar surface area (TPSA) is 26.0 Å². The Morgan fingerprint density at radius 2 is 1.30 bits per heavy atom. The van der Waals surface area contributed by atoms with Crippen LogP contribution in [0.2, 0.25) is 0 Å². The summed E-state index contributed by atoms with van der Waals surface area (Å²) in [6, 6.07) is 19.5. The lowest BCUT2D eigenvalue weighted by Crippen LogP contribution is -1.99. The van der Waals surface area contributed by atoms with Gasteiger partial charge in [-0.15, -0.1) is 0 Å². The molecule has 0 saturated heterocycles. The van der Waals surface area contributed by atoms with Crippen molar-refractivity contribution in [1.82, 2.24) is 0 Å². The fraction of sp³-hybridized carbons (Fsp3) is 0.273. The standard InChI is InChI=1S/C22H25N/c1-14(2)20-6-5-7-21(15(3)4)22(20)17-9-8-16-10-11-19(23)13-18(16)12-17/h5-15H,23H2,1-4H3. The first-order valence-corrected chi connectivity index (χ1v) is 8.40. The van der Waals surface area contributed by atoms with Crippen LogP contribution in [-0.4, -0.2) is 0 Å². The Kier molecular flexibility index (Phi) is 4.12. The van der Waals surface area contributed by atoms with Crippen LogP contribution in [0.5, 0.6) is 0 Å². The smallest absolute Gasteiger partial charge is 0.0320 e. The highest BCUT2D eigenvalue weighted by atomic mass is 14.5. The predicted octanol–water partition coefficient (Wildman–Crippen LogP) is 6.34. The Bertz CT molecular complexity index is 817. The Labute approximate surface area is 139 Å². The van der Waals surface area contributed by atoms with Crippen LogP contribution in [0, 0.1) is 0 Å². The van der Waals surface area contributed by atoms with Gasteiger partial charge in [-0.3, -0.25) is 0 Å². The highest BCUT2D eigenvalue weighted by Crippen LogP contribution is 2.37. The summed E-state index contributed by atoms with van der Waals surface area (Å²) in [5, 5.41) is 2.44. The molecule has 0 aliphatic carbocycles. The third-order valence-corrected chi connectivity index (χ3v) is 4.53. The molecule has 0 amide bonds. The first kappa shape index (κ1) is 15.6. The van der Waals surface area contributed by atoms with Crippen LogP contribution in [-0.2, 0) is 0 Å². The van der Waals surface area contributed by atoms with E-state index in [4.69, 9.17) is 5.73 Å². The summed E-state index contributed by atoms with van der Waals surface area (Å²) in [7, 11) is 0. The minimum absolute atomic E-state index is 0.500. The average molecular weight is 303 g/mol. The Morgan fingerprint density at radius 3 is 1.91 bits per heavy atom. The van der Waals surface area contributed by atoms with Gasteiger partial charge < -0.3 is 5.73 Å². The van der Waals surface area contributed by atoms with Crippen LogP contribution in [0.3, 0.4) is 0 Å². The molecule has 0 unspecified atom stereocenters. The lowest BCUT2D eigenvalue weighted by atomic mass is 9.84. The lowest BCUT2D eigenvalue weighted by Gasteiger charge is -2.20. The molecule has 0 fully saturated rings. The molecule has 3 rings (SSSR count). The van der Waals surface area contributed by atoms with Gasteiger partial charge in [0.05, 0.1) is 0 Å². The highest BCUT2D eigenvalue weighted by Gasteiger charge is 2.15. The number of fused-ring (bicyclic) bond motifs is 1. The first-order chi connectivity index (χ1) is 11.0. The molecular formula is C22H25N. The molecule has 2 N–H and O–H groups in total. The molecule has 0 saturated carbocycles. The summed E-state index contributed by atoms with van der Waals surface area (Å²) in [5.41, 5.74) is 12.3. The quantitative estimate of drug-likeness (QED) is 0.562. The van der Waals surface area contributed by atoms with E-state index in [2.05, 4.69) is 76.2 Å². The van der Waals surface area contributed by atoms with Gasteiger partial charge in [0.15, 0.2) is 0 Å². The first-order valence-electron chi connectivity index (χ1n) is 8.40. The van der Waals surface area contributed by atoms with E-state index in [1.165, 1.54) is 33.0 Å². The average Bonchev–Trinajstić information content (AvgIpc) is 2.53. The second kappa shape index (κ2) is 6.08. The SMILES string of the molecule is CC(C)c1cccc(C(C)C)c1-c1ccc2ccc(N)cc2c1. The number of hydrogen-bond donors (Lipinski definition) is 1. The Hall–Kier alpha value is -2.28. The van der Waals surface area contributed by atoms with Gasteiger partial charge in [0, 0.05) is 5.69 Å². The summed E-state index contributed by atoms with van der Waals surface area (Å²) in [4.78, 5) is 0. The maximum absolute atomic E-state index is 5.97. The Morgan fingerprint density at radius 1 is 0.696 bits per heavy atom. The van der Waals surface area contributed by atoms with Crippen LogP contribution >= 0.6 is 0 Å². The van der Waals surface area contributed by atoms with E-state index >= 15 is 0 Å². The molecule has 23 heavy (non-hydrogen) atoms. The minimum atomic E-state index is 0.500. The van der Waals surface area contributed by atoms with Crippen LogP contribution in [0.4, 0.5) is 5.69 Å².